The predicted molar refractivity (Wildman–Crippen MR) is 128 cm³/mol. The Labute approximate surface area is 193 Å². The summed E-state index contributed by atoms with van der Waals surface area (Å²) in [7, 11) is 5.13. The monoisotopic (exact) mass is 440 g/mol. The van der Waals surface area contributed by atoms with Gasteiger partial charge in [0.15, 0.2) is 0 Å². The summed E-state index contributed by atoms with van der Waals surface area (Å²) in [6, 6.07) is 0. The third-order valence-electron chi connectivity index (χ3n) is 7.79. The summed E-state index contributed by atoms with van der Waals surface area (Å²) in [5.41, 5.74) is 0. The van der Waals surface area contributed by atoms with E-state index in [1.807, 2.05) is 0 Å². The highest BCUT2D eigenvalue weighted by Crippen LogP contribution is 2.41. The summed E-state index contributed by atoms with van der Waals surface area (Å²) < 4.78 is 22.8. The van der Waals surface area contributed by atoms with Crippen LogP contribution in [0.3, 0.4) is 0 Å². The maximum absolute atomic E-state index is 5.72. The molecule has 1 heterocycles. The molecule has 0 amide bonds. The number of unbranched alkanes of at least 4 members (excludes halogenated alkanes) is 10. The van der Waals surface area contributed by atoms with Crippen molar-refractivity contribution in [1.82, 2.24) is 0 Å². The molecule has 0 spiro atoms. The van der Waals surface area contributed by atoms with Crippen molar-refractivity contribution in [2.75, 3.05) is 21.3 Å². The van der Waals surface area contributed by atoms with E-state index in [-0.39, 0.29) is 0 Å². The lowest BCUT2D eigenvalue weighted by Crippen LogP contribution is -2.44. The normalized spacial score (nSPS) is 24.2. The van der Waals surface area contributed by atoms with Crippen LogP contribution in [0.2, 0.25) is 0 Å². The minimum Gasteiger partial charge on any atom is -0.370 e. The SMILES string of the molecule is CCCCCCCCC(CCCCCCCCC1CCC2OC2C1)C(OC)(OC)OC. The molecule has 31 heavy (non-hydrogen) atoms. The van der Waals surface area contributed by atoms with Crippen molar-refractivity contribution in [2.45, 2.75) is 141 Å². The van der Waals surface area contributed by atoms with E-state index in [1.54, 1.807) is 21.3 Å². The van der Waals surface area contributed by atoms with Crippen LogP contribution in [0, 0.1) is 11.8 Å². The Morgan fingerprint density at radius 2 is 1.26 bits per heavy atom. The van der Waals surface area contributed by atoms with Gasteiger partial charge in [-0.25, -0.2) is 0 Å². The van der Waals surface area contributed by atoms with E-state index >= 15 is 0 Å². The Kier molecular flexibility index (Phi) is 13.7. The molecule has 4 unspecified atom stereocenters. The lowest BCUT2D eigenvalue weighted by Gasteiger charge is -2.36. The van der Waals surface area contributed by atoms with E-state index in [0.717, 1.165) is 18.8 Å². The number of hydrogen-bond donors (Lipinski definition) is 0. The lowest BCUT2D eigenvalue weighted by atomic mass is 9.85. The molecule has 4 nitrogen and oxygen atoms in total. The molecule has 184 valence electrons. The Bertz CT molecular complexity index is 429. The molecule has 2 fully saturated rings. The first-order valence-corrected chi connectivity index (χ1v) is 13.5. The minimum atomic E-state index is -0.881. The van der Waals surface area contributed by atoms with Crippen molar-refractivity contribution in [3.63, 3.8) is 0 Å². The van der Waals surface area contributed by atoms with Crippen LogP contribution < -0.4 is 0 Å². The number of epoxide rings is 1. The minimum absolute atomic E-state index is 0.304. The van der Waals surface area contributed by atoms with Crippen LogP contribution in [0.5, 0.6) is 0 Å². The van der Waals surface area contributed by atoms with E-state index in [1.165, 1.54) is 103 Å². The standard InChI is InChI=1S/C27H52O4/c1-5-6-7-8-12-15-18-24(27(28-2,29-3)30-4)19-16-13-10-9-11-14-17-23-20-21-25-26(22-23)31-25/h23-26H,5-22H2,1-4H3. The molecule has 1 saturated carbocycles. The molecule has 1 aliphatic carbocycles. The number of hydrogen-bond acceptors (Lipinski definition) is 4. The summed E-state index contributed by atoms with van der Waals surface area (Å²) in [4.78, 5) is 0. The molecular formula is C27H52O4. The van der Waals surface area contributed by atoms with Gasteiger partial charge in [-0.15, -0.1) is 0 Å². The number of methoxy groups -OCH3 is 3. The fourth-order valence-electron chi connectivity index (χ4n) is 5.70. The van der Waals surface area contributed by atoms with Gasteiger partial charge in [0.1, 0.15) is 0 Å². The summed E-state index contributed by atoms with van der Waals surface area (Å²) in [5, 5.41) is 0. The van der Waals surface area contributed by atoms with Crippen LogP contribution in [0.25, 0.3) is 0 Å². The first-order chi connectivity index (χ1) is 15.2. The molecule has 4 atom stereocenters. The average molecular weight is 441 g/mol. The van der Waals surface area contributed by atoms with E-state index < -0.39 is 5.97 Å². The third-order valence-corrected chi connectivity index (χ3v) is 7.79. The van der Waals surface area contributed by atoms with Gasteiger partial charge in [0.2, 0.25) is 0 Å². The van der Waals surface area contributed by atoms with Gasteiger partial charge in [-0.3, -0.25) is 0 Å². The summed E-state index contributed by atoms with van der Waals surface area (Å²) in [6.07, 6.45) is 25.0. The highest BCUT2D eigenvalue weighted by molar-refractivity contribution is 4.91. The van der Waals surface area contributed by atoms with Gasteiger partial charge in [0.25, 0.3) is 5.97 Å². The van der Waals surface area contributed by atoms with Crippen molar-refractivity contribution in [3.8, 4) is 0 Å². The predicted octanol–water partition coefficient (Wildman–Crippen LogP) is 7.63. The topological polar surface area (TPSA) is 40.2 Å². The smallest absolute Gasteiger partial charge is 0.285 e. The Morgan fingerprint density at radius 3 is 1.81 bits per heavy atom. The van der Waals surface area contributed by atoms with Gasteiger partial charge in [0, 0.05) is 27.2 Å². The molecule has 0 N–H and O–H groups in total. The molecule has 0 radical (unpaired) electrons. The average Bonchev–Trinajstić information content (AvgIpc) is 3.57. The molecule has 0 aromatic heterocycles. The zero-order chi connectivity index (χ0) is 22.4. The van der Waals surface area contributed by atoms with Crippen molar-refractivity contribution >= 4 is 0 Å². The highest BCUT2D eigenvalue weighted by atomic mass is 16.9. The number of rotatable bonds is 20. The van der Waals surface area contributed by atoms with E-state index in [9.17, 15) is 0 Å². The van der Waals surface area contributed by atoms with Crippen LogP contribution in [0.15, 0.2) is 0 Å². The molecule has 4 heteroatoms. The van der Waals surface area contributed by atoms with Crippen LogP contribution >= 0.6 is 0 Å². The van der Waals surface area contributed by atoms with Gasteiger partial charge in [-0.2, -0.15) is 0 Å². The van der Waals surface area contributed by atoms with Gasteiger partial charge in [-0.05, 0) is 38.0 Å². The molecular weight excluding hydrogens is 388 g/mol. The quantitative estimate of drug-likeness (QED) is 0.111. The molecule has 0 aromatic carbocycles. The van der Waals surface area contributed by atoms with Crippen LogP contribution in [0.1, 0.15) is 122 Å². The molecule has 0 bridgehead atoms. The second kappa shape index (κ2) is 15.6. The van der Waals surface area contributed by atoms with Crippen molar-refractivity contribution in [2.24, 2.45) is 11.8 Å². The van der Waals surface area contributed by atoms with Gasteiger partial charge in [0.05, 0.1) is 12.2 Å². The zero-order valence-electron chi connectivity index (χ0n) is 21.2. The fraction of sp³-hybridized carbons (Fsp3) is 1.00. The maximum atomic E-state index is 5.72. The Balaban J connectivity index is 1.56. The van der Waals surface area contributed by atoms with Gasteiger partial charge in [-0.1, -0.05) is 90.4 Å². The Morgan fingerprint density at radius 1 is 0.710 bits per heavy atom. The summed E-state index contributed by atoms with van der Waals surface area (Å²) >= 11 is 0. The zero-order valence-corrected chi connectivity index (χ0v) is 21.2. The summed E-state index contributed by atoms with van der Waals surface area (Å²) in [5.74, 6) is 0.364. The second-order valence-corrected chi connectivity index (χ2v) is 10.1. The highest BCUT2D eigenvalue weighted by Gasteiger charge is 2.43. The molecule has 1 saturated heterocycles. The lowest BCUT2D eigenvalue weighted by molar-refractivity contribution is -0.380. The molecule has 2 rings (SSSR count). The largest absolute Gasteiger partial charge is 0.370 e. The first kappa shape index (κ1) is 27.1. The molecule has 1 aliphatic heterocycles. The fourth-order valence-corrected chi connectivity index (χ4v) is 5.70. The number of fused-ring (bicyclic) bond motifs is 1. The second-order valence-electron chi connectivity index (χ2n) is 10.1. The molecule has 0 aromatic rings. The van der Waals surface area contributed by atoms with Crippen molar-refractivity contribution in [3.05, 3.63) is 0 Å². The van der Waals surface area contributed by atoms with Crippen LogP contribution in [-0.2, 0) is 18.9 Å². The van der Waals surface area contributed by atoms with E-state index in [4.69, 9.17) is 18.9 Å². The Hall–Kier alpha value is -0.160. The van der Waals surface area contributed by atoms with Crippen LogP contribution in [-0.4, -0.2) is 39.5 Å². The third kappa shape index (κ3) is 9.70. The van der Waals surface area contributed by atoms with Crippen molar-refractivity contribution in [1.29, 1.82) is 0 Å². The van der Waals surface area contributed by atoms with Crippen LogP contribution in [0.4, 0.5) is 0 Å². The first-order valence-electron chi connectivity index (χ1n) is 13.5. The van der Waals surface area contributed by atoms with Crippen molar-refractivity contribution < 1.29 is 18.9 Å². The van der Waals surface area contributed by atoms with Gasteiger partial charge < -0.3 is 18.9 Å². The van der Waals surface area contributed by atoms with E-state index in [2.05, 4.69) is 6.92 Å². The van der Waals surface area contributed by atoms with E-state index in [0.29, 0.717) is 18.1 Å². The molecule has 2 aliphatic rings. The number of ether oxygens (including phenoxy) is 4. The van der Waals surface area contributed by atoms with Gasteiger partial charge >= 0.3 is 0 Å². The summed E-state index contributed by atoms with van der Waals surface area (Å²) in [6.45, 7) is 2.27. The maximum Gasteiger partial charge on any atom is 0.285 e.